The van der Waals surface area contributed by atoms with E-state index in [0.717, 1.165) is 16.9 Å². The number of hydrogen-bond donors (Lipinski definition) is 0. The summed E-state index contributed by atoms with van der Waals surface area (Å²) in [4.78, 5) is 0. The Labute approximate surface area is 207 Å². The topological polar surface area (TPSA) is 9.23 Å². The quantitative estimate of drug-likeness (QED) is 0.247. The van der Waals surface area contributed by atoms with Crippen molar-refractivity contribution in [2.24, 2.45) is 5.92 Å². The molecule has 3 aromatic carbocycles. The van der Waals surface area contributed by atoms with Gasteiger partial charge in [-0.15, -0.1) is 0 Å². The second kappa shape index (κ2) is 12.5. The molecule has 4 rings (SSSR count). The Balaban J connectivity index is 1.34. The maximum absolute atomic E-state index is 15.3. The van der Waals surface area contributed by atoms with Crippen LogP contribution in [0.3, 0.4) is 0 Å². The van der Waals surface area contributed by atoms with Crippen molar-refractivity contribution in [1.82, 2.24) is 0 Å². The van der Waals surface area contributed by atoms with Crippen LogP contribution in [0.4, 0.5) is 13.2 Å². The Hall–Kier alpha value is -2.49. The molecule has 3 aromatic rings. The standard InChI is InChI=1S/C31H37F3O/c1-2-3-4-5-6-22-7-12-24(13-8-22)26-17-20-29-27(21-26)16-15-25(30(29)32)14-9-23-10-18-28(19-11-23)35-31(33)34/h10-11,15-22,24,31H,2-9,12-14H2,1H3. The summed E-state index contributed by atoms with van der Waals surface area (Å²) in [6, 6.07) is 16.8. The van der Waals surface area contributed by atoms with Crippen LogP contribution in [-0.4, -0.2) is 6.61 Å². The van der Waals surface area contributed by atoms with Crippen LogP contribution in [0.1, 0.15) is 87.3 Å². The highest BCUT2D eigenvalue weighted by Gasteiger charge is 2.22. The molecule has 0 N–H and O–H groups in total. The van der Waals surface area contributed by atoms with Gasteiger partial charge in [-0.25, -0.2) is 4.39 Å². The molecule has 0 unspecified atom stereocenters. The van der Waals surface area contributed by atoms with Gasteiger partial charge in [0.25, 0.3) is 0 Å². The van der Waals surface area contributed by atoms with Crippen molar-refractivity contribution in [3.8, 4) is 5.75 Å². The average Bonchev–Trinajstić information content (AvgIpc) is 2.87. The molecule has 0 spiro atoms. The van der Waals surface area contributed by atoms with Crippen LogP contribution in [-0.2, 0) is 12.8 Å². The Bertz CT molecular complexity index is 1070. The van der Waals surface area contributed by atoms with Crippen LogP contribution in [0.2, 0.25) is 0 Å². The zero-order chi connectivity index (χ0) is 24.6. The molecule has 0 amide bonds. The largest absolute Gasteiger partial charge is 0.435 e. The number of hydrogen-bond acceptors (Lipinski definition) is 1. The molecule has 4 heteroatoms. The Morgan fingerprint density at radius 2 is 1.63 bits per heavy atom. The van der Waals surface area contributed by atoms with Crippen LogP contribution in [0.25, 0.3) is 10.8 Å². The number of unbranched alkanes of at least 4 members (excludes halogenated alkanes) is 3. The molecule has 1 aliphatic rings. The molecule has 35 heavy (non-hydrogen) atoms. The lowest BCUT2D eigenvalue weighted by molar-refractivity contribution is -0.0498. The molecule has 0 bridgehead atoms. The van der Waals surface area contributed by atoms with Gasteiger partial charge in [0.2, 0.25) is 0 Å². The number of alkyl halides is 2. The first-order valence-corrected chi connectivity index (χ1v) is 13.3. The van der Waals surface area contributed by atoms with Gasteiger partial charge in [-0.1, -0.05) is 81.5 Å². The summed E-state index contributed by atoms with van der Waals surface area (Å²) in [6.07, 6.45) is 13.1. The number of benzene rings is 3. The molecule has 1 nitrogen and oxygen atoms in total. The highest BCUT2D eigenvalue weighted by atomic mass is 19.3. The summed E-state index contributed by atoms with van der Waals surface area (Å²) in [7, 11) is 0. The number of halogens is 3. The Morgan fingerprint density at radius 3 is 2.34 bits per heavy atom. The smallest absolute Gasteiger partial charge is 0.387 e. The molecular weight excluding hydrogens is 445 g/mol. The van der Waals surface area contributed by atoms with Crippen LogP contribution in [0.15, 0.2) is 54.6 Å². The van der Waals surface area contributed by atoms with E-state index in [1.165, 1.54) is 75.5 Å². The van der Waals surface area contributed by atoms with Gasteiger partial charge in [-0.2, -0.15) is 8.78 Å². The van der Waals surface area contributed by atoms with E-state index in [1.807, 2.05) is 18.2 Å². The summed E-state index contributed by atoms with van der Waals surface area (Å²) in [5, 5.41) is 1.65. The fourth-order valence-electron chi connectivity index (χ4n) is 5.56. The first-order chi connectivity index (χ1) is 17.0. The second-order valence-electron chi connectivity index (χ2n) is 10.1. The van der Waals surface area contributed by atoms with Crippen LogP contribution in [0, 0.1) is 11.7 Å². The van der Waals surface area contributed by atoms with Crippen molar-refractivity contribution in [2.75, 3.05) is 0 Å². The maximum Gasteiger partial charge on any atom is 0.387 e. The van der Waals surface area contributed by atoms with Crippen molar-refractivity contribution in [3.63, 3.8) is 0 Å². The van der Waals surface area contributed by atoms with E-state index in [-0.39, 0.29) is 11.6 Å². The molecule has 0 radical (unpaired) electrons. The lowest BCUT2D eigenvalue weighted by Crippen LogP contribution is -2.13. The van der Waals surface area contributed by atoms with Gasteiger partial charge in [0.1, 0.15) is 11.6 Å². The zero-order valence-electron chi connectivity index (χ0n) is 20.7. The van der Waals surface area contributed by atoms with Gasteiger partial charge in [0.05, 0.1) is 0 Å². The number of fused-ring (bicyclic) bond motifs is 1. The molecule has 0 aromatic heterocycles. The fraction of sp³-hybridized carbons (Fsp3) is 0.484. The lowest BCUT2D eigenvalue weighted by atomic mass is 9.76. The average molecular weight is 483 g/mol. The summed E-state index contributed by atoms with van der Waals surface area (Å²) < 4.78 is 44.3. The minimum Gasteiger partial charge on any atom is -0.435 e. The Morgan fingerprint density at radius 1 is 0.857 bits per heavy atom. The van der Waals surface area contributed by atoms with Crippen LogP contribution < -0.4 is 4.74 Å². The monoisotopic (exact) mass is 482 g/mol. The van der Waals surface area contributed by atoms with Gasteiger partial charge >= 0.3 is 6.61 Å². The van der Waals surface area contributed by atoms with E-state index in [4.69, 9.17) is 0 Å². The predicted molar refractivity (Wildman–Crippen MR) is 138 cm³/mol. The molecule has 1 saturated carbocycles. The first kappa shape index (κ1) is 25.6. The molecule has 0 saturated heterocycles. The van der Waals surface area contributed by atoms with Crippen molar-refractivity contribution < 1.29 is 17.9 Å². The van der Waals surface area contributed by atoms with Crippen molar-refractivity contribution in [3.05, 3.63) is 77.1 Å². The van der Waals surface area contributed by atoms with Gasteiger partial charge in [-0.05, 0) is 84.6 Å². The number of aryl methyl sites for hydroxylation is 2. The third kappa shape index (κ3) is 7.02. The van der Waals surface area contributed by atoms with Gasteiger partial charge in [0.15, 0.2) is 0 Å². The highest BCUT2D eigenvalue weighted by molar-refractivity contribution is 5.84. The number of ether oxygens (including phenoxy) is 1. The maximum atomic E-state index is 15.3. The van der Waals surface area contributed by atoms with E-state index in [9.17, 15) is 8.78 Å². The lowest BCUT2D eigenvalue weighted by Gasteiger charge is -2.29. The molecule has 0 aliphatic heterocycles. The van der Waals surface area contributed by atoms with E-state index >= 15 is 4.39 Å². The van der Waals surface area contributed by atoms with Crippen molar-refractivity contribution in [2.45, 2.75) is 90.1 Å². The van der Waals surface area contributed by atoms with E-state index < -0.39 is 6.61 Å². The van der Waals surface area contributed by atoms with Gasteiger partial charge in [0, 0.05) is 5.39 Å². The molecule has 1 aliphatic carbocycles. The third-order valence-corrected chi connectivity index (χ3v) is 7.67. The zero-order valence-corrected chi connectivity index (χ0v) is 20.7. The van der Waals surface area contributed by atoms with Gasteiger partial charge < -0.3 is 4.74 Å². The van der Waals surface area contributed by atoms with Crippen LogP contribution in [0.5, 0.6) is 5.75 Å². The SMILES string of the molecule is CCCCCCC1CCC(c2ccc3c(F)c(CCc4ccc(OC(F)F)cc4)ccc3c2)CC1. The molecular formula is C31H37F3O. The summed E-state index contributed by atoms with van der Waals surface area (Å²) in [5.41, 5.74) is 2.99. The summed E-state index contributed by atoms with van der Waals surface area (Å²) >= 11 is 0. The first-order valence-electron chi connectivity index (χ1n) is 13.3. The van der Waals surface area contributed by atoms with E-state index in [1.54, 1.807) is 12.1 Å². The van der Waals surface area contributed by atoms with E-state index in [0.29, 0.717) is 29.7 Å². The van der Waals surface area contributed by atoms with Gasteiger partial charge in [-0.3, -0.25) is 0 Å². The minimum atomic E-state index is -2.83. The fourth-order valence-corrected chi connectivity index (χ4v) is 5.56. The third-order valence-electron chi connectivity index (χ3n) is 7.67. The molecule has 0 heterocycles. The summed E-state index contributed by atoms with van der Waals surface area (Å²) in [6.45, 7) is -0.566. The van der Waals surface area contributed by atoms with Crippen molar-refractivity contribution in [1.29, 1.82) is 0 Å². The normalized spacial score (nSPS) is 18.3. The summed E-state index contributed by atoms with van der Waals surface area (Å²) in [5.74, 6) is 1.46. The van der Waals surface area contributed by atoms with E-state index in [2.05, 4.69) is 23.8 Å². The second-order valence-corrected chi connectivity index (χ2v) is 10.1. The predicted octanol–water partition coefficient (Wildman–Crippen LogP) is 9.61. The van der Waals surface area contributed by atoms with Crippen LogP contribution >= 0.6 is 0 Å². The number of rotatable bonds is 11. The molecule has 1 fully saturated rings. The Kier molecular flexibility index (Phi) is 9.12. The highest BCUT2D eigenvalue weighted by Crippen LogP contribution is 2.39. The minimum absolute atomic E-state index is 0.136. The van der Waals surface area contributed by atoms with Crippen molar-refractivity contribution >= 4 is 10.8 Å². The molecule has 188 valence electrons. The molecule has 0 atom stereocenters.